The highest BCUT2D eigenvalue weighted by atomic mass is 19.3. The molecule has 0 aromatic heterocycles. The SMILES string of the molecule is C[C@H]1CN(c2cc(F)c(OC(F)F)c(F)c2)[C@@H]2CCCC[C@H]2N1.O=C(O)C(=O)O. The number of benzene rings is 1. The average molecular weight is 422 g/mol. The topological polar surface area (TPSA) is 99.1 Å². The zero-order chi connectivity index (χ0) is 21.7. The van der Waals surface area contributed by atoms with E-state index in [-0.39, 0.29) is 18.1 Å². The van der Waals surface area contributed by atoms with Crippen LogP contribution in [0, 0.1) is 11.6 Å². The lowest BCUT2D eigenvalue weighted by Gasteiger charge is -2.48. The van der Waals surface area contributed by atoms with E-state index in [0.717, 1.165) is 37.8 Å². The Balaban J connectivity index is 0.000000438. The van der Waals surface area contributed by atoms with E-state index in [1.807, 2.05) is 11.8 Å². The fraction of sp³-hybridized carbons (Fsp3) is 0.556. The van der Waals surface area contributed by atoms with Crippen LogP contribution in [0.4, 0.5) is 23.2 Å². The fourth-order valence-electron chi connectivity index (χ4n) is 3.74. The lowest BCUT2D eigenvalue weighted by Crippen LogP contribution is -2.62. The minimum Gasteiger partial charge on any atom is -0.473 e. The summed E-state index contributed by atoms with van der Waals surface area (Å²) < 4.78 is 56.4. The number of halogens is 4. The van der Waals surface area contributed by atoms with Crippen molar-refractivity contribution < 1.29 is 42.1 Å². The number of hydrogen-bond acceptors (Lipinski definition) is 5. The van der Waals surface area contributed by atoms with Gasteiger partial charge in [0.15, 0.2) is 17.4 Å². The molecule has 162 valence electrons. The maximum atomic E-state index is 14.0. The first kappa shape index (κ1) is 22.7. The van der Waals surface area contributed by atoms with E-state index < -0.39 is 35.9 Å². The predicted octanol–water partition coefficient (Wildman–Crippen LogP) is 2.83. The lowest BCUT2D eigenvalue weighted by atomic mass is 9.86. The summed E-state index contributed by atoms with van der Waals surface area (Å²) in [7, 11) is 0. The van der Waals surface area contributed by atoms with Crippen molar-refractivity contribution in [2.24, 2.45) is 0 Å². The number of anilines is 1. The van der Waals surface area contributed by atoms with Crippen LogP contribution in [0.2, 0.25) is 0 Å². The van der Waals surface area contributed by atoms with Crippen molar-refractivity contribution in [3.63, 3.8) is 0 Å². The number of alkyl halides is 2. The van der Waals surface area contributed by atoms with E-state index in [4.69, 9.17) is 19.8 Å². The molecule has 7 nitrogen and oxygen atoms in total. The molecule has 2 fully saturated rings. The summed E-state index contributed by atoms with van der Waals surface area (Å²) in [5.74, 6) is -6.87. The summed E-state index contributed by atoms with van der Waals surface area (Å²) in [5.41, 5.74) is 0.381. The number of rotatable bonds is 3. The molecule has 0 amide bonds. The van der Waals surface area contributed by atoms with Crippen LogP contribution in [0.15, 0.2) is 12.1 Å². The number of nitrogens with zero attached hydrogens (tertiary/aromatic N) is 1. The second-order valence-corrected chi connectivity index (χ2v) is 6.91. The Morgan fingerprint density at radius 3 is 2.21 bits per heavy atom. The Kier molecular flexibility index (Phi) is 7.66. The average Bonchev–Trinajstić information content (AvgIpc) is 2.64. The molecule has 1 aliphatic heterocycles. The van der Waals surface area contributed by atoms with Gasteiger partial charge in [-0.05, 0) is 19.8 Å². The van der Waals surface area contributed by atoms with E-state index in [1.165, 1.54) is 0 Å². The molecule has 2 aliphatic rings. The summed E-state index contributed by atoms with van der Waals surface area (Å²) in [6, 6.07) is 2.82. The van der Waals surface area contributed by atoms with Crippen LogP contribution in [0.25, 0.3) is 0 Å². The van der Waals surface area contributed by atoms with Crippen LogP contribution in [0.1, 0.15) is 32.6 Å². The van der Waals surface area contributed by atoms with Gasteiger partial charge in [0.05, 0.1) is 0 Å². The molecule has 1 saturated heterocycles. The van der Waals surface area contributed by atoms with E-state index in [0.29, 0.717) is 12.2 Å². The quantitative estimate of drug-likeness (QED) is 0.509. The van der Waals surface area contributed by atoms with Gasteiger partial charge in [0.25, 0.3) is 0 Å². The van der Waals surface area contributed by atoms with Crippen molar-refractivity contribution in [3.8, 4) is 5.75 Å². The van der Waals surface area contributed by atoms with Gasteiger partial charge in [-0.3, -0.25) is 0 Å². The summed E-state index contributed by atoms with van der Waals surface area (Å²) in [6.07, 6.45) is 4.19. The summed E-state index contributed by atoms with van der Waals surface area (Å²) in [4.78, 5) is 20.2. The monoisotopic (exact) mass is 422 g/mol. The molecule has 0 bridgehead atoms. The molecular weight excluding hydrogens is 400 g/mol. The van der Waals surface area contributed by atoms with Gasteiger partial charge in [-0.2, -0.15) is 8.78 Å². The standard InChI is InChI=1S/C16H20F4N2O.C2H2O4/c1-9-8-22(14-5-3-2-4-13(14)21-9)10-6-11(17)15(12(18)7-10)23-16(19)20;3-1(4)2(5)6/h6-7,9,13-14,16,21H,2-5,8H2,1H3;(H,3,4)(H,5,6)/t9-,13+,14+;/m0./s1. The van der Waals surface area contributed by atoms with Crippen LogP contribution >= 0.6 is 0 Å². The Morgan fingerprint density at radius 1 is 1.14 bits per heavy atom. The minimum atomic E-state index is -3.26. The molecule has 0 spiro atoms. The maximum absolute atomic E-state index is 14.0. The summed E-state index contributed by atoms with van der Waals surface area (Å²) >= 11 is 0. The zero-order valence-corrected chi connectivity index (χ0v) is 15.6. The van der Waals surface area contributed by atoms with Gasteiger partial charge >= 0.3 is 18.6 Å². The van der Waals surface area contributed by atoms with Gasteiger partial charge in [-0.25, -0.2) is 18.4 Å². The Morgan fingerprint density at radius 2 is 1.69 bits per heavy atom. The molecule has 1 aromatic carbocycles. The zero-order valence-electron chi connectivity index (χ0n) is 15.6. The van der Waals surface area contributed by atoms with Crippen LogP contribution in [0.3, 0.4) is 0 Å². The molecule has 0 radical (unpaired) electrons. The van der Waals surface area contributed by atoms with E-state index in [2.05, 4.69) is 10.1 Å². The fourth-order valence-corrected chi connectivity index (χ4v) is 3.74. The first-order valence-electron chi connectivity index (χ1n) is 9.03. The third kappa shape index (κ3) is 5.96. The van der Waals surface area contributed by atoms with E-state index in [9.17, 15) is 17.6 Å². The van der Waals surface area contributed by atoms with Gasteiger partial charge in [0.2, 0.25) is 0 Å². The van der Waals surface area contributed by atoms with Gasteiger partial charge < -0.3 is 25.2 Å². The molecule has 3 rings (SSSR count). The van der Waals surface area contributed by atoms with Crippen LogP contribution < -0.4 is 15.0 Å². The minimum absolute atomic E-state index is 0.167. The van der Waals surface area contributed by atoms with Gasteiger partial charge in [0.1, 0.15) is 0 Å². The maximum Gasteiger partial charge on any atom is 0.414 e. The van der Waals surface area contributed by atoms with Crippen molar-refractivity contribution in [1.82, 2.24) is 5.32 Å². The molecule has 3 N–H and O–H groups in total. The Hall–Kier alpha value is -2.56. The number of aliphatic carboxylic acids is 2. The van der Waals surface area contributed by atoms with Crippen LogP contribution in [-0.2, 0) is 9.59 Å². The smallest absolute Gasteiger partial charge is 0.414 e. The third-order valence-electron chi connectivity index (χ3n) is 4.80. The number of nitrogens with one attached hydrogen (secondary N) is 1. The summed E-state index contributed by atoms with van der Waals surface area (Å²) in [5, 5.41) is 18.3. The Labute approximate surface area is 164 Å². The summed E-state index contributed by atoms with van der Waals surface area (Å²) in [6.45, 7) is -0.611. The number of fused-ring (bicyclic) bond motifs is 1. The van der Waals surface area contributed by atoms with Crippen molar-refractivity contribution in [1.29, 1.82) is 0 Å². The normalized spacial score (nSPS) is 23.7. The molecule has 0 unspecified atom stereocenters. The lowest BCUT2D eigenvalue weighted by molar-refractivity contribution is -0.159. The molecule has 3 atom stereocenters. The van der Waals surface area contributed by atoms with Crippen molar-refractivity contribution in [2.75, 3.05) is 11.4 Å². The molecule has 1 heterocycles. The Bertz CT molecular complexity index is 714. The number of carbonyl (C=O) groups is 2. The second kappa shape index (κ2) is 9.77. The third-order valence-corrected chi connectivity index (χ3v) is 4.80. The molecule has 1 saturated carbocycles. The molecular formula is C18H22F4N2O5. The molecule has 1 aliphatic carbocycles. The number of ether oxygens (including phenoxy) is 1. The predicted molar refractivity (Wildman–Crippen MR) is 94.2 cm³/mol. The highest BCUT2D eigenvalue weighted by Crippen LogP contribution is 2.34. The molecule has 1 aromatic rings. The number of carboxylic acid groups (broad SMARTS) is 2. The number of piperazine rings is 1. The van der Waals surface area contributed by atoms with E-state index >= 15 is 0 Å². The van der Waals surface area contributed by atoms with Crippen molar-refractivity contribution in [3.05, 3.63) is 23.8 Å². The first-order chi connectivity index (χ1) is 13.6. The largest absolute Gasteiger partial charge is 0.473 e. The van der Waals surface area contributed by atoms with Crippen LogP contribution in [0.5, 0.6) is 5.75 Å². The van der Waals surface area contributed by atoms with Gasteiger partial charge in [-0.15, -0.1) is 0 Å². The van der Waals surface area contributed by atoms with Crippen LogP contribution in [-0.4, -0.2) is 53.4 Å². The number of carboxylic acids is 2. The first-order valence-corrected chi connectivity index (χ1v) is 9.03. The van der Waals surface area contributed by atoms with Crippen molar-refractivity contribution in [2.45, 2.75) is 57.3 Å². The molecule has 29 heavy (non-hydrogen) atoms. The van der Waals surface area contributed by atoms with Crippen molar-refractivity contribution >= 4 is 17.6 Å². The second-order valence-electron chi connectivity index (χ2n) is 6.91. The number of hydrogen-bond donors (Lipinski definition) is 3. The highest BCUT2D eigenvalue weighted by molar-refractivity contribution is 6.27. The van der Waals surface area contributed by atoms with Gasteiger partial charge in [0, 0.05) is 42.5 Å². The highest BCUT2D eigenvalue weighted by Gasteiger charge is 2.36. The van der Waals surface area contributed by atoms with Gasteiger partial charge in [-0.1, -0.05) is 12.8 Å². The van der Waals surface area contributed by atoms with E-state index in [1.54, 1.807) is 0 Å². The molecule has 11 heteroatoms.